The third-order valence-electron chi connectivity index (χ3n) is 1.12. The van der Waals surface area contributed by atoms with Crippen LogP contribution >= 0.6 is 23.2 Å². The molecular weight excluding hydrogens is 171 g/mol. The quantitative estimate of drug-likeness (QED) is 0.617. The molecule has 0 spiro atoms. The van der Waals surface area contributed by atoms with E-state index in [0.717, 1.165) is 5.56 Å². The van der Waals surface area contributed by atoms with E-state index in [1.165, 1.54) is 0 Å². The van der Waals surface area contributed by atoms with Crippen molar-refractivity contribution in [1.29, 1.82) is 0 Å². The maximum absolute atomic E-state index is 5.70. The predicted molar refractivity (Wildman–Crippen MR) is 43.4 cm³/mol. The molecule has 1 rings (SSSR count). The Morgan fingerprint density at radius 1 is 1.50 bits per heavy atom. The monoisotopic (exact) mass is 176 g/mol. The fraction of sp³-hybridized carbons (Fsp3) is 0.167. The van der Waals surface area contributed by atoms with Crippen LogP contribution in [0, 0.1) is 6.92 Å². The molecule has 4 heteroatoms. The predicted octanol–water partition coefficient (Wildman–Crippen LogP) is 2.28. The molecule has 1 heterocycles. The van der Waals surface area contributed by atoms with Gasteiger partial charge in [0.25, 0.3) is 0 Å². The number of pyridine rings is 1. The van der Waals surface area contributed by atoms with Gasteiger partial charge in [0, 0.05) is 0 Å². The summed E-state index contributed by atoms with van der Waals surface area (Å²) in [6, 6.07) is 1.67. The van der Waals surface area contributed by atoms with Crippen molar-refractivity contribution in [2.24, 2.45) is 0 Å². The Bertz CT molecular complexity index is 237. The minimum absolute atomic E-state index is 0.263. The van der Waals surface area contributed by atoms with Crippen LogP contribution in [0.15, 0.2) is 6.07 Å². The van der Waals surface area contributed by atoms with Gasteiger partial charge in [-0.2, -0.15) is 0 Å². The molecule has 0 aromatic carbocycles. The Hall–Kier alpha value is -0.470. The topological polar surface area (TPSA) is 38.9 Å². The molecule has 10 heavy (non-hydrogen) atoms. The Labute approximate surface area is 69.0 Å². The van der Waals surface area contributed by atoms with Crippen molar-refractivity contribution in [1.82, 2.24) is 4.98 Å². The SMILES string of the molecule is Cc1cc(N)nc(Cl)c1Cl. The van der Waals surface area contributed by atoms with Crippen LogP contribution in [0.3, 0.4) is 0 Å². The zero-order valence-corrected chi connectivity index (χ0v) is 6.87. The van der Waals surface area contributed by atoms with Gasteiger partial charge in [-0.05, 0) is 18.6 Å². The van der Waals surface area contributed by atoms with Gasteiger partial charge >= 0.3 is 0 Å². The molecule has 0 aliphatic rings. The van der Waals surface area contributed by atoms with Gasteiger partial charge in [-0.15, -0.1) is 0 Å². The van der Waals surface area contributed by atoms with Crippen LogP contribution in [-0.4, -0.2) is 4.98 Å². The van der Waals surface area contributed by atoms with Gasteiger partial charge in [0.15, 0.2) is 0 Å². The van der Waals surface area contributed by atoms with Crippen LogP contribution in [0.2, 0.25) is 10.2 Å². The summed E-state index contributed by atoms with van der Waals surface area (Å²) in [4.78, 5) is 3.75. The lowest BCUT2D eigenvalue weighted by molar-refractivity contribution is 1.29. The highest BCUT2D eigenvalue weighted by Gasteiger charge is 2.02. The zero-order chi connectivity index (χ0) is 7.72. The van der Waals surface area contributed by atoms with Gasteiger partial charge in [0.05, 0.1) is 5.02 Å². The number of nitrogens with zero attached hydrogens (tertiary/aromatic N) is 1. The van der Waals surface area contributed by atoms with Crippen molar-refractivity contribution in [3.8, 4) is 0 Å². The van der Waals surface area contributed by atoms with E-state index in [9.17, 15) is 0 Å². The molecule has 0 aliphatic carbocycles. The van der Waals surface area contributed by atoms with E-state index >= 15 is 0 Å². The molecule has 0 amide bonds. The number of aromatic nitrogens is 1. The smallest absolute Gasteiger partial charge is 0.150 e. The van der Waals surface area contributed by atoms with E-state index in [1.54, 1.807) is 6.07 Å². The van der Waals surface area contributed by atoms with Gasteiger partial charge in [-0.25, -0.2) is 4.98 Å². The summed E-state index contributed by atoms with van der Waals surface area (Å²) < 4.78 is 0. The largest absolute Gasteiger partial charge is 0.384 e. The molecule has 2 nitrogen and oxygen atoms in total. The van der Waals surface area contributed by atoms with E-state index in [2.05, 4.69) is 4.98 Å². The lowest BCUT2D eigenvalue weighted by Crippen LogP contribution is -1.91. The van der Waals surface area contributed by atoms with Crippen LogP contribution in [0.5, 0.6) is 0 Å². The van der Waals surface area contributed by atoms with Crippen LogP contribution in [0.1, 0.15) is 5.56 Å². The third-order valence-corrected chi connectivity index (χ3v) is 1.97. The Morgan fingerprint density at radius 3 is 2.60 bits per heavy atom. The van der Waals surface area contributed by atoms with E-state index < -0.39 is 0 Å². The molecule has 2 N–H and O–H groups in total. The van der Waals surface area contributed by atoms with Crippen molar-refractivity contribution in [3.05, 3.63) is 21.8 Å². The molecule has 0 bridgehead atoms. The zero-order valence-electron chi connectivity index (χ0n) is 5.36. The minimum Gasteiger partial charge on any atom is -0.384 e. The number of halogens is 2. The standard InChI is InChI=1S/C6H6Cl2N2/c1-3-2-4(9)10-6(8)5(3)7/h2H,1H3,(H2,9,10). The van der Waals surface area contributed by atoms with E-state index in [4.69, 9.17) is 28.9 Å². The summed E-state index contributed by atoms with van der Waals surface area (Å²) in [5, 5.41) is 0.732. The van der Waals surface area contributed by atoms with Gasteiger partial charge in [0.2, 0.25) is 0 Å². The molecule has 1 aromatic rings. The summed E-state index contributed by atoms with van der Waals surface area (Å²) in [5.41, 5.74) is 6.22. The van der Waals surface area contributed by atoms with E-state index in [1.807, 2.05) is 6.92 Å². The third kappa shape index (κ3) is 1.33. The summed E-state index contributed by atoms with van der Waals surface area (Å²) >= 11 is 11.3. The number of rotatable bonds is 0. The van der Waals surface area contributed by atoms with Crippen molar-refractivity contribution < 1.29 is 0 Å². The van der Waals surface area contributed by atoms with E-state index in [0.29, 0.717) is 10.8 Å². The Morgan fingerprint density at radius 2 is 2.10 bits per heavy atom. The molecule has 54 valence electrons. The molecule has 1 aromatic heterocycles. The number of nitrogen functional groups attached to an aromatic ring is 1. The fourth-order valence-electron chi connectivity index (χ4n) is 0.643. The molecule has 0 aliphatic heterocycles. The van der Waals surface area contributed by atoms with Crippen molar-refractivity contribution in [2.45, 2.75) is 6.92 Å². The number of aryl methyl sites for hydroxylation is 1. The minimum atomic E-state index is 0.263. The van der Waals surface area contributed by atoms with Gasteiger partial charge < -0.3 is 5.73 Å². The second-order valence-electron chi connectivity index (χ2n) is 1.97. The van der Waals surface area contributed by atoms with Crippen LogP contribution in [0.25, 0.3) is 0 Å². The Kier molecular flexibility index (Phi) is 2.02. The number of anilines is 1. The highest BCUT2D eigenvalue weighted by Crippen LogP contribution is 2.24. The van der Waals surface area contributed by atoms with Gasteiger partial charge in [-0.1, -0.05) is 23.2 Å². The average Bonchev–Trinajstić information content (AvgIpc) is 1.82. The van der Waals surface area contributed by atoms with Crippen LogP contribution in [-0.2, 0) is 0 Å². The molecule has 0 fully saturated rings. The first kappa shape index (κ1) is 7.63. The van der Waals surface area contributed by atoms with E-state index in [-0.39, 0.29) is 5.15 Å². The van der Waals surface area contributed by atoms with Crippen molar-refractivity contribution in [2.75, 3.05) is 5.73 Å². The van der Waals surface area contributed by atoms with Crippen LogP contribution < -0.4 is 5.73 Å². The fourth-order valence-corrected chi connectivity index (χ4v) is 0.986. The first-order valence-electron chi connectivity index (χ1n) is 2.69. The summed E-state index contributed by atoms with van der Waals surface area (Å²) in [5.74, 6) is 0.395. The molecular formula is C6H6Cl2N2. The second kappa shape index (κ2) is 2.64. The summed E-state index contributed by atoms with van der Waals surface area (Å²) in [6.45, 7) is 1.83. The van der Waals surface area contributed by atoms with Gasteiger partial charge in [0.1, 0.15) is 11.0 Å². The highest BCUT2D eigenvalue weighted by atomic mass is 35.5. The maximum Gasteiger partial charge on any atom is 0.150 e. The first-order valence-corrected chi connectivity index (χ1v) is 3.45. The lowest BCUT2D eigenvalue weighted by atomic mass is 10.3. The molecule has 0 radical (unpaired) electrons. The maximum atomic E-state index is 5.70. The molecule has 0 atom stereocenters. The van der Waals surface area contributed by atoms with Crippen molar-refractivity contribution in [3.63, 3.8) is 0 Å². The normalized spacial score (nSPS) is 9.90. The lowest BCUT2D eigenvalue weighted by Gasteiger charge is -1.99. The molecule has 0 unspecified atom stereocenters. The second-order valence-corrected chi connectivity index (χ2v) is 2.70. The first-order chi connectivity index (χ1) is 4.61. The van der Waals surface area contributed by atoms with Gasteiger partial charge in [-0.3, -0.25) is 0 Å². The van der Waals surface area contributed by atoms with Crippen molar-refractivity contribution >= 4 is 29.0 Å². The molecule has 0 saturated carbocycles. The highest BCUT2D eigenvalue weighted by molar-refractivity contribution is 6.41. The number of nitrogens with two attached hydrogens (primary N) is 1. The average molecular weight is 177 g/mol. The summed E-state index contributed by atoms with van der Waals surface area (Å²) in [7, 11) is 0. The Balaban J connectivity index is 3.31. The number of hydrogen-bond acceptors (Lipinski definition) is 2. The number of hydrogen-bond donors (Lipinski definition) is 1. The van der Waals surface area contributed by atoms with Crippen LogP contribution in [0.4, 0.5) is 5.82 Å². The summed E-state index contributed by atoms with van der Waals surface area (Å²) in [6.07, 6.45) is 0. The molecule has 0 saturated heterocycles.